The van der Waals surface area contributed by atoms with Gasteiger partial charge in [-0.2, -0.15) is 5.10 Å². The van der Waals surface area contributed by atoms with E-state index in [9.17, 15) is 10.1 Å². The first-order valence-corrected chi connectivity index (χ1v) is 10.8. The van der Waals surface area contributed by atoms with Crippen LogP contribution in [0.2, 0.25) is 0 Å². The molecule has 176 valence electrons. The molecule has 1 unspecified atom stereocenters. The van der Waals surface area contributed by atoms with Crippen LogP contribution in [0.25, 0.3) is 0 Å². The zero-order chi connectivity index (χ0) is 22.1. The first-order valence-electron chi connectivity index (χ1n) is 10.8. The minimum absolute atomic E-state index is 0. The number of hydrogen-bond donors (Lipinski definition) is 2. The molecule has 3 rings (SSSR count). The third-order valence-corrected chi connectivity index (χ3v) is 5.15. The zero-order valence-corrected chi connectivity index (χ0v) is 21.0. The molecule has 2 N–H and O–H groups in total. The van der Waals surface area contributed by atoms with Gasteiger partial charge in [0.05, 0.1) is 11.5 Å². The average molecular weight is 557 g/mol. The van der Waals surface area contributed by atoms with E-state index in [0.717, 1.165) is 74.9 Å². The number of ether oxygens (including phenoxy) is 1. The number of nitrogens with one attached hydrogen (secondary N) is 2. The minimum Gasteiger partial charge on any atom is -0.377 e. The number of unbranched alkanes of at least 4 members (excludes halogenated alkanes) is 1. The number of methoxy groups -OCH3 is 1. The number of aliphatic imine (C=N–C) groups is 1. The van der Waals surface area contributed by atoms with Crippen LogP contribution in [0.3, 0.4) is 0 Å². The van der Waals surface area contributed by atoms with E-state index in [2.05, 4.69) is 27.6 Å². The van der Waals surface area contributed by atoms with Gasteiger partial charge in [-0.1, -0.05) is 12.1 Å². The number of rotatable bonds is 10. The molecule has 10 nitrogen and oxygen atoms in total. The lowest BCUT2D eigenvalue weighted by atomic mass is 10.1. The second kappa shape index (κ2) is 13.3. The van der Waals surface area contributed by atoms with Crippen LogP contribution in [-0.2, 0) is 30.7 Å². The Bertz CT molecular complexity index is 886. The van der Waals surface area contributed by atoms with Crippen molar-refractivity contribution in [3.8, 4) is 0 Å². The number of non-ortho nitro benzene ring substituents is 1. The molecule has 0 spiro atoms. The molecule has 0 amide bonds. The van der Waals surface area contributed by atoms with Crippen LogP contribution in [0.1, 0.15) is 43.4 Å². The van der Waals surface area contributed by atoms with E-state index >= 15 is 0 Å². The standard InChI is InChI=1S/C21H31N7O3.HI/c1-3-22-21(23-13-5-4-6-16-7-10-18(11-8-16)28(29)30)24-17-9-12-20-25-19(15-31-2)26-27(20)14-17;/h7-8,10-11,17H,3-6,9,12-15H2,1-2H3,(H2,22,23,24);1H. The highest BCUT2D eigenvalue weighted by atomic mass is 127. The van der Waals surface area contributed by atoms with Gasteiger partial charge in [0.25, 0.3) is 5.69 Å². The number of nitrogens with zero attached hydrogens (tertiary/aromatic N) is 5. The van der Waals surface area contributed by atoms with Crippen molar-refractivity contribution in [2.45, 2.75) is 58.2 Å². The normalized spacial score (nSPS) is 15.6. The van der Waals surface area contributed by atoms with Crippen LogP contribution in [0.5, 0.6) is 0 Å². The molecule has 0 saturated heterocycles. The summed E-state index contributed by atoms with van der Waals surface area (Å²) in [6.45, 7) is 4.77. The largest absolute Gasteiger partial charge is 0.377 e. The molecule has 1 atom stereocenters. The summed E-state index contributed by atoms with van der Waals surface area (Å²) >= 11 is 0. The van der Waals surface area contributed by atoms with Crippen LogP contribution in [0.15, 0.2) is 29.3 Å². The molecule has 2 aromatic rings. The van der Waals surface area contributed by atoms with E-state index in [1.807, 2.05) is 16.8 Å². The topological polar surface area (TPSA) is 120 Å². The van der Waals surface area contributed by atoms with Crippen molar-refractivity contribution in [2.75, 3.05) is 20.2 Å². The Morgan fingerprint density at radius 2 is 2.12 bits per heavy atom. The fraction of sp³-hybridized carbons (Fsp3) is 0.571. The molecule has 0 fully saturated rings. The highest BCUT2D eigenvalue weighted by Crippen LogP contribution is 2.15. The van der Waals surface area contributed by atoms with Crippen molar-refractivity contribution in [1.29, 1.82) is 0 Å². The predicted molar refractivity (Wildman–Crippen MR) is 133 cm³/mol. The Kier molecular flexibility index (Phi) is 10.8. The van der Waals surface area contributed by atoms with E-state index in [0.29, 0.717) is 6.61 Å². The molecule has 11 heteroatoms. The Morgan fingerprint density at radius 1 is 1.34 bits per heavy atom. The van der Waals surface area contributed by atoms with Crippen molar-refractivity contribution in [1.82, 2.24) is 25.4 Å². The number of nitro benzene ring substituents is 1. The molecule has 1 aliphatic rings. The number of aryl methyl sites for hydroxylation is 2. The summed E-state index contributed by atoms with van der Waals surface area (Å²) in [5, 5.41) is 22.1. The van der Waals surface area contributed by atoms with Crippen molar-refractivity contribution in [3.05, 3.63) is 51.6 Å². The lowest BCUT2D eigenvalue weighted by molar-refractivity contribution is -0.384. The van der Waals surface area contributed by atoms with Crippen molar-refractivity contribution < 1.29 is 9.66 Å². The zero-order valence-electron chi connectivity index (χ0n) is 18.6. The first-order chi connectivity index (χ1) is 15.1. The third kappa shape index (κ3) is 7.69. The number of aromatic nitrogens is 3. The van der Waals surface area contributed by atoms with Gasteiger partial charge in [0.1, 0.15) is 12.4 Å². The average Bonchev–Trinajstić information content (AvgIpc) is 3.16. The van der Waals surface area contributed by atoms with Gasteiger partial charge in [-0.3, -0.25) is 15.1 Å². The summed E-state index contributed by atoms with van der Waals surface area (Å²) in [7, 11) is 1.65. The second-order valence-electron chi connectivity index (χ2n) is 7.58. The SMILES string of the molecule is CCNC(=NCCCCc1ccc([N+](=O)[O-])cc1)NC1CCc2nc(COC)nn2C1.I. The summed E-state index contributed by atoms with van der Waals surface area (Å²) < 4.78 is 7.09. The van der Waals surface area contributed by atoms with Gasteiger partial charge in [-0.05, 0) is 38.2 Å². The molecule has 0 aliphatic carbocycles. The van der Waals surface area contributed by atoms with E-state index in [4.69, 9.17) is 9.73 Å². The summed E-state index contributed by atoms with van der Waals surface area (Å²) in [5.74, 6) is 2.56. The molecule has 1 aromatic carbocycles. The monoisotopic (exact) mass is 557 g/mol. The van der Waals surface area contributed by atoms with Gasteiger partial charge < -0.3 is 15.4 Å². The molecule has 0 bridgehead atoms. The van der Waals surface area contributed by atoms with Gasteiger partial charge in [-0.25, -0.2) is 9.67 Å². The summed E-state index contributed by atoms with van der Waals surface area (Å²) in [6, 6.07) is 7.02. The molecule has 1 aromatic heterocycles. The molecule has 0 radical (unpaired) electrons. The fourth-order valence-electron chi connectivity index (χ4n) is 3.60. The van der Waals surface area contributed by atoms with E-state index in [1.165, 1.54) is 0 Å². The molecule has 1 aliphatic heterocycles. The first kappa shape index (κ1) is 26.0. The van der Waals surface area contributed by atoms with E-state index < -0.39 is 0 Å². The highest BCUT2D eigenvalue weighted by Gasteiger charge is 2.22. The van der Waals surface area contributed by atoms with Gasteiger partial charge in [0.15, 0.2) is 11.8 Å². The lowest BCUT2D eigenvalue weighted by Gasteiger charge is -2.25. The van der Waals surface area contributed by atoms with Crippen LogP contribution < -0.4 is 10.6 Å². The van der Waals surface area contributed by atoms with Crippen molar-refractivity contribution >= 4 is 35.6 Å². The van der Waals surface area contributed by atoms with Crippen LogP contribution >= 0.6 is 24.0 Å². The number of halogens is 1. The molecular formula is C21H32IN7O3. The van der Waals surface area contributed by atoms with Gasteiger partial charge >= 0.3 is 0 Å². The highest BCUT2D eigenvalue weighted by molar-refractivity contribution is 14.0. The predicted octanol–water partition coefficient (Wildman–Crippen LogP) is 2.84. The Hall–Kier alpha value is -2.28. The van der Waals surface area contributed by atoms with Crippen LogP contribution in [0, 0.1) is 10.1 Å². The molecule has 2 heterocycles. The van der Waals surface area contributed by atoms with E-state index in [1.54, 1.807) is 19.2 Å². The maximum Gasteiger partial charge on any atom is 0.269 e. The fourth-order valence-corrected chi connectivity index (χ4v) is 3.60. The summed E-state index contributed by atoms with van der Waals surface area (Å²) in [6.07, 6.45) is 4.68. The second-order valence-corrected chi connectivity index (χ2v) is 7.58. The number of guanidine groups is 1. The van der Waals surface area contributed by atoms with Crippen molar-refractivity contribution in [2.24, 2.45) is 4.99 Å². The molecular weight excluding hydrogens is 525 g/mol. The number of hydrogen-bond acceptors (Lipinski definition) is 6. The van der Waals surface area contributed by atoms with E-state index in [-0.39, 0.29) is 40.6 Å². The summed E-state index contributed by atoms with van der Waals surface area (Å²) in [5.41, 5.74) is 1.24. The van der Waals surface area contributed by atoms with Crippen LogP contribution in [-0.4, -0.2) is 51.9 Å². The molecule has 0 saturated carbocycles. The quantitative estimate of drug-likeness (QED) is 0.115. The smallest absolute Gasteiger partial charge is 0.269 e. The van der Waals surface area contributed by atoms with Gasteiger partial charge in [0.2, 0.25) is 0 Å². The lowest BCUT2D eigenvalue weighted by Crippen LogP contribution is -2.47. The Labute approximate surface area is 205 Å². The minimum atomic E-state index is -0.373. The third-order valence-electron chi connectivity index (χ3n) is 5.15. The maximum atomic E-state index is 10.7. The van der Waals surface area contributed by atoms with Gasteiger partial charge in [-0.15, -0.1) is 24.0 Å². The Balaban J connectivity index is 0.00000363. The molecule has 32 heavy (non-hydrogen) atoms. The summed E-state index contributed by atoms with van der Waals surface area (Å²) in [4.78, 5) is 19.6. The van der Waals surface area contributed by atoms with Crippen LogP contribution in [0.4, 0.5) is 5.69 Å². The van der Waals surface area contributed by atoms with Crippen molar-refractivity contribution in [3.63, 3.8) is 0 Å². The Morgan fingerprint density at radius 3 is 2.81 bits per heavy atom. The number of fused-ring (bicyclic) bond motifs is 1. The maximum absolute atomic E-state index is 10.7. The van der Waals surface area contributed by atoms with Gasteiger partial charge in [0, 0.05) is 44.8 Å². The number of benzene rings is 1. The number of nitro groups is 1.